The molecular formula is C18H30N3O2S+. The molecule has 1 aromatic carbocycles. The first-order chi connectivity index (χ1) is 11.5. The summed E-state index contributed by atoms with van der Waals surface area (Å²) in [4.78, 5) is 2.51. The van der Waals surface area contributed by atoms with Crippen LogP contribution in [0, 0.1) is 5.41 Å². The first kappa shape index (κ1) is 19.2. The number of amidine groups is 1. The smallest absolute Gasteiger partial charge is 0.308 e. The van der Waals surface area contributed by atoms with Gasteiger partial charge in [-0.25, -0.2) is 5.41 Å². The molecule has 1 fully saturated rings. The van der Waals surface area contributed by atoms with Gasteiger partial charge in [0.25, 0.3) is 0 Å². The van der Waals surface area contributed by atoms with Crippen LogP contribution in [0.1, 0.15) is 30.4 Å². The highest BCUT2D eigenvalue weighted by molar-refractivity contribution is 8.10. The number of likely N-dealkylation sites (tertiary alicyclic amines) is 1. The van der Waals surface area contributed by atoms with Crippen molar-refractivity contribution >= 4 is 16.1 Å². The quantitative estimate of drug-likeness (QED) is 0.378. The molecule has 0 saturated carbocycles. The Labute approximate surface area is 148 Å². The lowest BCUT2D eigenvalue weighted by Crippen LogP contribution is -2.32. The van der Waals surface area contributed by atoms with Crippen LogP contribution in [-0.4, -0.2) is 53.0 Å². The van der Waals surface area contributed by atoms with E-state index in [2.05, 4.69) is 29.2 Å². The second kappa shape index (κ2) is 10.0. The second-order valence-corrected chi connectivity index (χ2v) is 8.54. The minimum Gasteiger partial charge on any atom is -0.386 e. The number of rotatable bonds is 8. The fourth-order valence-corrected chi connectivity index (χ4v) is 3.79. The highest BCUT2D eigenvalue weighted by Gasteiger charge is 2.21. The summed E-state index contributed by atoms with van der Waals surface area (Å²) in [6.45, 7) is 4.18. The Morgan fingerprint density at radius 1 is 1.33 bits per heavy atom. The van der Waals surface area contributed by atoms with E-state index in [1.165, 1.54) is 37.9 Å². The maximum atomic E-state index is 9.94. The molecule has 0 amide bonds. The number of aliphatic hydroxyl groups is 1. The van der Waals surface area contributed by atoms with Crippen molar-refractivity contribution in [3.05, 3.63) is 35.4 Å². The molecule has 0 bridgehead atoms. The molecule has 4 N–H and O–H groups in total. The number of nitrogens with zero attached hydrogens (tertiary/aromatic N) is 1. The lowest BCUT2D eigenvalue weighted by Gasteiger charge is -2.26. The van der Waals surface area contributed by atoms with Gasteiger partial charge in [-0.2, -0.15) is 0 Å². The van der Waals surface area contributed by atoms with Gasteiger partial charge in [0, 0.05) is 6.54 Å². The van der Waals surface area contributed by atoms with E-state index in [4.69, 9.17) is 15.9 Å². The zero-order valence-electron chi connectivity index (χ0n) is 14.5. The van der Waals surface area contributed by atoms with E-state index < -0.39 is 6.10 Å². The van der Waals surface area contributed by atoms with Gasteiger partial charge in [-0.05, 0) is 37.1 Å². The third kappa shape index (κ3) is 6.81. The van der Waals surface area contributed by atoms with E-state index >= 15 is 0 Å². The largest absolute Gasteiger partial charge is 0.386 e. The summed E-state index contributed by atoms with van der Waals surface area (Å²) in [5, 5.41) is 17.4. The molecule has 134 valence electrons. The van der Waals surface area contributed by atoms with Gasteiger partial charge in [0.1, 0.15) is 18.1 Å². The van der Waals surface area contributed by atoms with E-state index in [0.717, 1.165) is 12.1 Å². The van der Waals surface area contributed by atoms with Crippen LogP contribution in [0.3, 0.4) is 0 Å². The average Bonchev–Trinajstić information content (AvgIpc) is 2.56. The van der Waals surface area contributed by atoms with Crippen LogP contribution in [0.15, 0.2) is 24.3 Å². The summed E-state index contributed by atoms with van der Waals surface area (Å²) in [5.41, 5.74) is 7.90. The fourth-order valence-electron chi connectivity index (χ4n) is 2.93. The lowest BCUT2D eigenvalue weighted by atomic mass is 10.1. The first-order valence-corrected chi connectivity index (χ1v) is 10.4. The highest BCUT2D eigenvalue weighted by atomic mass is 32.2. The van der Waals surface area contributed by atoms with Crippen LogP contribution in [0.4, 0.5) is 0 Å². The molecule has 2 rings (SSSR count). The van der Waals surface area contributed by atoms with Gasteiger partial charge in [-0.15, -0.1) is 0 Å². The summed E-state index contributed by atoms with van der Waals surface area (Å²) in [7, 11) is -0.382. The van der Waals surface area contributed by atoms with Gasteiger partial charge in [-0.1, -0.05) is 30.7 Å². The van der Waals surface area contributed by atoms with Crippen molar-refractivity contribution in [3.8, 4) is 0 Å². The molecule has 2 unspecified atom stereocenters. The number of ether oxygens (including phenoxy) is 1. The average molecular weight is 353 g/mol. The number of hydrogen-bond acceptors (Lipinski definition) is 4. The third-order valence-corrected chi connectivity index (χ3v) is 5.88. The van der Waals surface area contributed by atoms with Crippen LogP contribution in [0.5, 0.6) is 0 Å². The molecule has 0 aliphatic carbocycles. The Hall–Kier alpha value is -1.08. The Bertz CT molecular complexity index is 521. The Kier molecular flexibility index (Phi) is 8.05. The summed E-state index contributed by atoms with van der Waals surface area (Å²) >= 11 is 0. The molecule has 1 aliphatic rings. The van der Waals surface area contributed by atoms with E-state index in [-0.39, 0.29) is 22.7 Å². The Morgan fingerprint density at radius 2 is 2.04 bits per heavy atom. The van der Waals surface area contributed by atoms with Gasteiger partial charge >= 0.3 is 5.17 Å². The van der Waals surface area contributed by atoms with E-state index in [9.17, 15) is 5.11 Å². The van der Waals surface area contributed by atoms with Gasteiger partial charge in [-0.3, -0.25) is 4.90 Å². The molecule has 1 saturated heterocycles. The number of aliphatic hydroxyl groups excluding tert-OH is 1. The fraction of sp³-hybridized carbons (Fsp3) is 0.611. The summed E-state index contributed by atoms with van der Waals surface area (Å²) in [6, 6.07) is 8.50. The Balaban J connectivity index is 1.74. The number of benzene rings is 1. The molecule has 1 aliphatic heterocycles. The van der Waals surface area contributed by atoms with Crippen molar-refractivity contribution in [2.45, 2.75) is 38.5 Å². The Morgan fingerprint density at radius 3 is 2.75 bits per heavy atom. The van der Waals surface area contributed by atoms with Crippen LogP contribution in [0.25, 0.3) is 0 Å². The molecule has 1 heterocycles. The third-order valence-electron chi connectivity index (χ3n) is 4.24. The van der Waals surface area contributed by atoms with Crippen molar-refractivity contribution < 1.29 is 9.84 Å². The standard InChI is InChI=1S/C18H30N3O2S/c1-24(18(19)20)14-17(22)13-23-12-16-7-5-6-15(10-16)11-21-8-3-2-4-9-21/h5-7,10,17,22H,2-4,8-9,11-14H2,1H3,(H3,19,20)/q+1. The predicted molar refractivity (Wildman–Crippen MR) is 101 cm³/mol. The maximum absolute atomic E-state index is 9.94. The molecule has 1 aromatic rings. The number of piperidine rings is 1. The zero-order valence-corrected chi connectivity index (χ0v) is 15.4. The second-order valence-electron chi connectivity index (χ2n) is 6.49. The van der Waals surface area contributed by atoms with E-state index in [1.807, 2.05) is 6.26 Å². The van der Waals surface area contributed by atoms with Gasteiger partial charge in [0.2, 0.25) is 0 Å². The van der Waals surface area contributed by atoms with Gasteiger partial charge in [0.15, 0.2) is 0 Å². The topological polar surface area (TPSA) is 82.6 Å². The van der Waals surface area contributed by atoms with Crippen molar-refractivity contribution in [3.63, 3.8) is 0 Å². The first-order valence-electron chi connectivity index (χ1n) is 8.57. The number of nitrogens with one attached hydrogen (secondary N) is 1. The predicted octanol–water partition coefficient (Wildman–Crippen LogP) is 1.69. The monoisotopic (exact) mass is 352 g/mol. The van der Waals surface area contributed by atoms with E-state index in [0.29, 0.717) is 12.4 Å². The van der Waals surface area contributed by atoms with Crippen molar-refractivity contribution in [1.82, 2.24) is 4.90 Å². The molecule has 0 aromatic heterocycles. The molecule has 6 heteroatoms. The number of nitrogens with two attached hydrogens (primary N) is 1. The summed E-state index contributed by atoms with van der Waals surface area (Å²) < 4.78 is 5.64. The highest BCUT2D eigenvalue weighted by Crippen LogP contribution is 2.14. The van der Waals surface area contributed by atoms with Crippen molar-refractivity contribution in [2.75, 3.05) is 31.7 Å². The maximum Gasteiger partial charge on any atom is 0.308 e. The normalized spacial score (nSPS) is 18.2. The molecule has 2 atom stereocenters. The van der Waals surface area contributed by atoms with Gasteiger partial charge < -0.3 is 15.6 Å². The van der Waals surface area contributed by atoms with Crippen LogP contribution >= 0.6 is 0 Å². The van der Waals surface area contributed by atoms with Crippen LogP contribution in [-0.2, 0) is 28.8 Å². The van der Waals surface area contributed by atoms with Crippen molar-refractivity contribution in [1.29, 1.82) is 5.41 Å². The molecule has 24 heavy (non-hydrogen) atoms. The summed E-state index contributed by atoms with van der Waals surface area (Å²) in [5.74, 6) is 0.490. The number of hydrogen-bond donors (Lipinski definition) is 3. The SMILES string of the molecule is C[S+](CC(O)COCc1cccc(CN2CCCCC2)c1)C(=N)N. The molecule has 5 nitrogen and oxygen atoms in total. The molecule has 0 spiro atoms. The van der Waals surface area contributed by atoms with E-state index in [1.54, 1.807) is 0 Å². The van der Waals surface area contributed by atoms with Crippen LogP contribution < -0.4 is 5.73 Å². The minimum atomic E-state index is -0.571. The van der Waals surface area contributed by atoms with Crippen LogP contribution in [0.2, 0.25) is 0 Å². The minimum absolute atomic E-state index is 0.138. The zero-order chi connectivity index (χ0) is 17.4. The molecular weight excluding hydrogens is 322 g/mol. The lowest BCUT2D eigenvalue weighted by molar-refractivity contribution is 0.0396. The summed E-state index contributed by atoms with van der Waals surface area (Å²) in [6.07, 6.45) is 5.27. The molecule has 0 radical (unpaired) electrons. The van der Waals surface area contributed by atoms with Gasteiger partial charge in [0.05, 0.1) is 24.1 Å². The van der Waals surface area contributed by atoms with Crippen molar-refractivity contribution in [2.24, 2.45) is 5.73 Å².